The van der Waals surface area contributed by atoms with Crippen LogP contribution in [0, 0.1) is 11.8 Å². The van der Waals surface area contributed by atoms with Gasteiger partial charge in [0.15, 0.2) is 0 Å². The Morgan fingerprint density at radius 2 is 1.75 bits per heavy atom. The molecule has 0 radical (unpaired) electrons. The summed E-state index contributed by atoms with van der Waals surface area (Å²) in [5.41, 5.74) is 1.65. The summed E-state index contributed by atoms with van der Waals surface area (Å²) in [6, 6.07) is 11.0. The first kappa shape index (κ1) is 15.5. The number of nitrogens with zero attached hydrogens (tertiary/aromatic N) is 1. The topological polar surface area (TPSA) is 15.3 Å². The molecule has 3 atom stereocenters. The van der Waals surface area contributed by atoms with Crippen LogP contribution in [0.4, 0.5) is 0 Å². The maximum absolute atomic E-state index is 3.56. The van der Waals surface area contributed by atoms with E-state index >= 15 is 0 Å². The average Bonchev–Trinajstić information content (AvgIpc) is 2.76. The fraction of sp³-hybridized carbons (Fsp3) is 0.667. The molecule has 1 saturated heterocycles. The summed E-state index contributed by atoms with van der Waals surface area (Å²) in [4.78, 5) is 2.65. The first-order valence-electron chi connectivity index (χ1n) is 8.04. The van der Waals surface area contributed by atoms with Crippen molar-refractivity contribution in [3.63, 3.8) is 0 Å². The predicted molar refractivity (Wildman–Crippen MR) is 87.1 cm³/mol. The Balaban J connectivity index is 2.11. The molecule has 2 rings (SSSR count). The van der Waals surface area contributed by atoms with E-state index in [1.54, 1.807) is 0 Å². The van der Waals surface area contributed by atoms with Crippen molar-refractivity contribution in [2.45, 2.75) is 33.1 Å². The number of hydrogen-bond donors (Lipinski definition) is 1. The SMILES string of the molecule is CCNCC(C)(CN1CC(C)C(C)C1)c1ccccc1. The molecule has 0 aromatic heterocycles. The molecule has 0 aliphatic carbocycles. The van der Waals surface area contributed by atoms with Gasteiger partial charge in [-0.25, -0.2) is 0 Å². The van der Waals surface area contributed by atoms with Crippen LogP contribution in [0.1, 0.15) is 33.3 Å². The minimum Gasteiger partial charge on any atom is -0.316 e. The van der Waals surface area contributed by atoms with Crippen LogP contribution in [0.2, 0.25) is 0 Å². The summed E-state index contributed by atoms with van der Waals surface area (Å²) >= 11 is 0. The van der Waals surface area contributed by atoms with E-state index in [1.165, 1.54) is 18.7 Å². The summed E-state index contributed by atoms with van der Waals surface area (Å²) in [6.07, 6.45) is 0. The molecule has 1 aliphatic rings. The van der Waals surface area contributed by atoms with Crippen LogP contribution in [-0.4, -0.2) is 37.6 Å². The number of likely N-dealkylation sites (N-methyl/N-ethyl adjacent to an activating group) is 1. The summed E-state index contributed by atoms with van der Waals surface area (Å²) in [5, 5.41) is 3.56. The second kappa shape index (κ2) is 6.73. The fourth-order valence-corrected chi connectivity index (χ4v) is 3.36. The zero-order chi connectivity index (χ0) is 14.6. The Labute approximate surface area is 124 Å². The molecule has 1 fully saturated rings. The first-order chi connectivity index (χ1) is 9.55. The molecular weight excluding hydrogens is 244 g/mol. The maximum atomic E-state index is 3.56. The second-order valence-corrected chi connectivity index (χ2v) is 6.86. The molecule has 0 saturated carbocycles. The van der Waals surface area contributed by atoms with E-state index in [0.717, 1.165) is 31.5 Å². The van der Waals surface area contributed by atoms with Gasteiger partial charge in [0.1, 0.15) is 0 Å². The normalized spacial score (nSPS) is 26.6. The number of benzene rings is 1. The van der Waals surface area contributed by atoms with Crippen LogP contribution in [0.5, 0.6) is 0 Å². The van der Waals surface area contributed by atoms with Crippen molar-refractivity contribution in [1.82, 2.24) is 10.2 Å². The minimum atomic E-state index is 0.195. The van der Waals surface area contributed by atoms with Crippen molar-refractivity contribution in [3.05, 3.63) is 35.9 Å². The van der Waals surface area contributed by atoms with Crippen molar-refractivity contribution in [2.75, 3.05) is 32.7 Å². The Hall–Kier alpha value is -0.860. The molecule has 20 heavy (non-hydrogen) atoms. The van der Waals surface area contributed by atoms with Crippen molar-refractivity contribution in [3.8, 4) is 0 Å². The molecule has 1 aliphatic heterocycles. The quantitative estimate of drug-likeness (QED) is 0.857. The van der Waals surface area contributed by atoms with E-state index in [9.17, 15) is 0 Å². The molecule has 0 bridgehead atoms. The zero-order valence-electron chi connectivity index (χ0n) is 13.5. The predicted octanol–water partition coefficient (Wildman–Crippen LogP) is 3.14. The zero-order valence-corrected chi connectivity index (χ0v) is 13.5. The van der Waals surface area contributed by atoms with Crippen LogP contribution < -0.4 is 5.32 Å². The van der Waals surface area contributed by atoms with Crippen LogP contribution in [0.3, 0.4) is 0 Å². The van der Waals surface area contributed by atoms with Crippen molar-refractivity contribution in [2.24, 2.45) is 11.8 Å². The molecule has 1 aromatic carbocycles. The summed E-state index contributed by atoms with van der Waals surface area (Å²) in [5.74, 6) is 1.66. The van der Waals surface area contributed by atoms with Gasteiger partial charge in [0.25, 0.3) is 0 Å². The van der Waals surface area contributed by atoms with E-state index in [2.05, 4.69) is 68.2 Å². The van der Waals surface area contributed by atoms with Crippen molar-refractivity contribution >= 4 is 0 Å². The third-order valence-electron chi connectivity index (χ3n) is 4.87. The van der Waals surface area contributed by atoms with Gasteiger partial charge in [-0.3, -0.25) is 0 Å². The van der Waals surface area contributed by atoms with Crippen LogP contribution >= 0.6 is 0 Å². The van der Waals surface area contributed by atoms with E-state index < -0.39 is 0 Å². The first-order valence-corrected chi connectivity index (χ1v) is 8.04. The Bertz CT molecular complexity index is 393. The lowest BCUT2D eigenvalue weighted by molar-refractivity contribution is 0.242. The molecule has 3 unspecified atom stereocenters. The average molecular weight is 274 g/mol. The minimum absolute atomic E-state index is 0.195. The second-order valence-electron chi connectivity index (χ2n) is 6.86. The molecule has 2 nitrogen and oxygen atoms in total. The molecule has 0 amide bonds. The third-order valence-corrected chi connectivity index (χ3v) is 4.87. The highest BCUT2D eigenvalue weighted by atomic mass is 15.2. The van der Waals surface area contributed by atoms with E-state index in [4.69, 9.17) is 0 Å². The van der Waals surface area contributed by atoms with E-state index in [1.807, 2.05) is 0 Å². The highest BCUT2D eigenvalue weighted by Gasteiger charge is 2.33. The molecular formula is C18H30N2. The van der Waals surface area contributed by atoms with E-state index in [-0.39, 0.29) is 5.41 Å². The number of likely N-dealkylation sites (tertiary alicyclic amines) is 1. The Morgan fingerprint density at radius 1 is 1.15 bits per heavy atom. The number of nitrogens with one attached hydrogen (secondary N) is 1. The van der Waals surface area contributed by atoms with Gasteiger partial charge >= 0.3 is 0 Å². The van der Waals surface area contributed by atoms with Gasteiger partial charge in [-0.15, -0.1) is 0 Å². The smallest absolute Gasteiger partial charge is 0.0177 e. The van der Waals surface area contributed by atoms with Gasteiger partial charge < -0.3 is 10.2 Å². The van der Waals surface area contributed by atoms with E-state index in [0.29, 0.717) is 0 Å². The van der Waals surface area contributed by atoms with Gasteiger partial charge in [0.2, 0.25) is 0 Å². The van der Waals surface area contributed by atoms with Gasteiger partial charge in [0.05, 0.1) is 0 Å². The summed E-state index contributed by atoms with van der Waals surface area (Å²) in [6.45, 7) is 15.1. The Morgan fingerprint density at radius 3 is 2.30 bits per heavy atom. The maximum Gasteiger partial charge on any atom is 0.0177 e. The number of rotatable bonds is 6. The third kappa shape index (κ3) is 3.62. The van der Waals surface area contributed by atoms with Gasteiger partial charge in [-0.05, 0) is 23.9 Å². The van der Waals surface area contributed by atoms with Crippen LogP contribution in [-0.2, 0) is 5.41 Å². The van der Waals surface area contributed by atoms with Crippen molar-refractivity contribution < 1.29 is 0 Å². The van der Waals surface area contributed by atoms with Crippen molar-refractivity contribution in [1.29, 1.82) is 0 Å². The lowest BCUT2D eigenvalue weighted by Crippen LogP contribution is -2.45. The number of hydrogen-bond acceptors (Lipinski definition) is 2. The van der Waals surface area contributed by atoms with Crippen LogP contribution in [0.25, 0.3) is 0 Å². The molecule has 112 valence electrons. The van der Waals surface area contributed by atoms with Gasteiger partial charge in [-0.1, -0.05) is 58.0 Å². The summed E-state index contributed by atoms with van der Waals surface area (Å²) in [7, 11) is 0. The fourth-order valence-electron chi connectivity index (χ4n) is 3.36. The molecule has 1 heterocycles. The molecule has 2 heteroatoms. The summed E-state index contributed by atoms with van der Waals surface area (Å²) < 4.78 is 0. The highest BCUT2D eigenvalue weighted by molar-refractivity contribution is 5.25. The molecule has 1 N–H and O–H groups in total. The Kier molecular flexibility index (Phi) is 5.22. The highest BCUT2D eigenvalue weighted by Crippen LogP contribution is 2.29. The van der Waals surface area contributed by atoms with Gasteiger partial charge in [0, 0.05) is 31.6 Å². The van der Waals surface area contributed by atoms with Crippen LogP contribution in [0.15, 0.2) is 30.3 Å². The lowest BCUT2D eigenvalue weighted by atomic mass is 9.81. The largest absolute Gasteiger partial charge is 0.316 e. The monoisotopic (exact) mass is 274 g/mol. The molecule has 1 aromatic rings. The lowest BCUT2D eigenvalue weighted by Gasteiger charge is -2.35. The standard InChI is InChI=1S/C18H30N2/c1-5-19-13-18(4,17-9-7-6-8-10-17)14-20-11-15(2)16(3)12-20/h6-10,15-16,19H,5,11-14H2,1-4H3. The van der Waals surface area contributed by atoms with Gasteiger partial charge in [-0.2, -0.15) is 0 Å². The molecule has 0 spiro atoms.